The van der Waals surface area contributed by atoms with Crippen molar-refractivity contribution in [3.8, 4) is 17.2 Å². The van der Waals surface area contributed by atoms with Crippen LogP contribution in [0.2, 0.25) is 0 Å². The average molecular weight is 409 g/mol. The first-order valence-electron chi connectivity index (χ1n) is 8.29. The molecular weight excluding hydrogens is 386 g/mol. The van der Waals surface area contributed by atoms with Crippen LogP contribution in [0.1, 0.15) is 22.0 Å². The van der Waals surface area contributed by atoms with E-state index >= 15 is 0 Å². The van der Waals surface area contributed by atoms with Crippen molar-refractivity contribution in [2.75, 3.05) is 42.0 Å². The molecule has 0 aliphatic carbocycles. The number of benzene rings is 1. The van der Waals surface area contributed by atoms with Gasteiger partial charge in [-0.1, -0.05) is 0 Å². The van der Waals surface area contributed by atoms with Crippen LogP contribution in [0.5, 0.6) is 17.2 Å². The summed E-state index contributed by atoms with van der Waals surface area (Å²) < 4.78 is 15.5. The van der Waals surface area contributed by atoms with Crippen LogP contribution in [0.15, 0.2) is 22.9 Å². The molecule has 0 bridgehead atoms. The highest BCUT2D eigenvalue weighted by Crippen LogP contribution is 2.46. The SMILES string of the molecule is COc1cc(C(=O)NCC(c2ccsc2)N(C)C)c([N+](=O)[O-])c(OC)c1OC. The summed E-state index contributed by atoms with van der Waals surface area (Å²) in [4.78, 5) is 25.8. The minimum atomic E-state index is -0.669. The Morgan fingerprint density at radius 2 is 1.93 bits per heavy atom. The highest BCUT2D eigenvalue weighted by molar-refractivity contribution is 7.07. The molecule has 1 aromatic carbocycles. The lowest BCUT2D eigenvalue weighted by molar-refractivity contribution is -0.386. The van der Waals surface area contributed by atoms with E-state index in [1.807, 2.05) is 35.8 Å². The van der Waals surface area contributed by atoms with Crippen molar-refractivity contribution in [1.82, 2.24) is 10.2 Å². The van der Waals surface area contributed by atoms with Gasteiger partial charge in [0.2, 0.25) is 11.5 Å². The van der Waals surface area contributed by atoms with Crippen molar-refractivity contribution < 1.29 is 23.9 Å². The fourth-order valence-corrected chi connectivity index (χ4v) is 3.55. The monoisotopic (exact) mass is 409 g/mol. The fourth-order valence-electron chi connectivity index (χ4n) is 2.84. The molecule has 9 nitrogen and oxygen atoms in total. The summed E-state index contributed by atoms with van der Waals surface area (Å²) in [5.74, 6) is -0.554. The number of carbonyl (C=O) groups is 1. The first-order valence-corrected chi connectivity index (χ1v) is 9.24. The minimum Gasteiger partial charge on any atom is -0.493 e. The summed E-state index contributed by atoms with van der Waals surface area (Å²) in [7, 11) is 7.78. The zero-order valence-corrected chi connectivity index (χ0v) is 17.2. The maximum Gasteiger partial charge on any atom is 0.327 e. The molecule has 1 heterocycles. The Labute approximate surface area is 167 Å². The minimum absolute atomic E-state index is 0.0534. The molecule has 1 atom stereocenters. The van der Waals surface area contributed by atoms with Crippen LogP contribution in [-0.4, -0.2) is 57.7 Å². The van der Waals surface area contributed by atoms with Gasteiger partial charge in [0.15, 0.2) is 5.75 Å². The molecule has 0 saturated carbocycles. The largest absolute Gasteiger partial charge is 0.493 e. The number of nitro groups is 1. The second-order valence-electron chi connectivity index (χ2n) is 6.04. The number of nitrogens with zero attached hydrogens (tertiary/aromatic N) is 2. The van der Waals surface area contributed by atoms with E-state index in [0.717, 1.165) is 5.56 Å². The molecule has 1 N–H and O–H groups in total. The number of likely N-dealkylation sites (N-methyl/N-ethyl adjacent to an activating group) is 1. The molecule has 0 aliphatic rings. The second-order valence-corrected chi connectivity index (χ2v) is 6.82. The smallest absolute Gasteiger partial charge is 0.327 e. The van der Waals surface area contributed by atoms with E-state index < -0.39 is 16.5 Å². The lowest BCUT2D eigenvalue weighted by atomic mass is 10.1. The summed E-state index contributed by atoms with van der Waals surface area (Å²) in [5, 5.41) is 18.4. The van der Waals surface area contributed by atoms with E-state index in [4.69, 9.17) is 14.2 Å². The van der Waals surface area contributed by atoms with Crippen LogP contribution < -0.4 is 19.5 Å². The molecule has 0 saturated heterocycles. The maximum atomic E-state index is 12.8. The summed E-state index contributed by atoms with van der Waals surface area (Å²) >= 11 is 1.56. The number of rotatable bonds is 9. The van der Waals surface area contributed by atoms with Gasteiger partial charge in [0.1, 0.15) is 5.56 Å². The number of nitrogens with one attached hydrogen (secondary N) is 1. The van der Waals surface area contributed by atoms with Crippen LogP contribution in [0.4, 0.5) is 5.69 Å². The number of carbonyl (C=O) groups excluding carboxylic acids is 1. The first-order chi connectivity index (χ1) is 13.3. The molecule has 0 fully saturated rings. The van der Waals surface area contributed by atoms with Crippen molar-refractivity contribution in [2.24, 2.45) is 0 Å². The van der Waals surface area contributed by atoms with E-state index in [1.165, 1.54) is 27.4 Å². The molecule has 2 rings (SSSR count). The molecule has 1 aromatic heterocycles. The number of thiophene rings is 1. The molecule has 1 amide bonds. The lowest BCUT2D eigenvalue weighted by Crippen LogP contribution is -2.34. The van der Waals surface area contributed by atoms with Crippen LogP contribution in [0.3, 0.4) is 0 Å². The van der Waals surface area contributed by atoms with Gasteiger partial charge in [-0.2, -0.15) is 11.3 Å². The lowest BCUT2D eigenvalue weighted by Gasteiger charge is -2.24. The molecule has 2 aromatic rings. The topological polar surface area (TPSA) is 103 Å². The maximum absolute atomic E-state index is 12.8. The third-order valence-corrected chi connectivity index (χ3v) is 4.94. The van der Waals surface area contributed by atoms with E-state index in [1.54, 1.807) is 11.3 Å². The summed E-state index contributed by atoms with van der Waals surface area (Å²) in [6, 6.07) is 3.18. The first kappa shape index (κ1) is 21.5. The van der Waals surface area contributed by atoms with E-state index in [0.29, 0.717) is 0 Å². The molecule has 0 aliphatic heterocycles. The second kappa shape index (κ2) is 9.38. The zero-order chi connectivity index (χ0) is 20.8. The summed E-state index contributed by atoms with van der Waals surface area (Å²) in [6.07, 6.45) is 0. The van der Waals surface area contributed by atoms with Crippen molar-refractivity contribution in [2.45, 2.75) is 6.04 Å². The standard InChI is InChI=1S/C18H23N3O6S/c1-20(2)13(11-6-7-28-10-11)9-19-18(22)12-8-14(25-3)16(26-4)17(27-5)15(12)21(23)24/h6-8,10,13H,9H2,1-5H3,(H,19,22). The number of ether oxygens (including phenoxy) is 3. The van der Waals surface area contributed by atoms with Crippen molar-refractivity contribution >= 4 is 22.9 Å². The van der Waals surface area contributed by atoms with Crippen LogP contribution in [0, 0.1) is 10.1 Å². The van der Waals surface area contributed by atoms with Gasteiger partial charge in [-0.05, 0) is 36.5 Å². The predicted octanol–water partition coefficient (Wildman–Crippen LogP) is 2.71. The quantitative estimate of drug-likeness (QED) is 0.502. The van der Waals surface area contributed by atoms with Gasteiger partial charge in [-0.15, -0.1) is 0 Å². The van der Waals surface area contributed by atoms with Crippen molar-refractivity contribution in [3.05, 3.63) is 44.1 Å². The average Bonchev–Trinajstić information content (AvgIpc) is 3.19. The molecule has 1 unspecified atom stereocenters. The predicted molar refractivity (Wildman–Crippen MR) is 106 cm³/mol. The molecular formula is C18H23N3O6S. The van der Waals surface area contributed by atoms with E-state index in [9.17, 15) is 14.9 Å². The van der Waals surface area contributed by atoms with Gasteiger partial charge in [-0.25, -0.2) is 0 Å². The normalized spacial score (nSPS) is 11.8. The van der Waals surface area contributed by atoms with E-state index in [-0.39, 0.29) is 35.4 Å². The highest BCUT2D eigenvalue weighted by atomic mass is 32.1. The number of hydrogen-bond donors (Lipinski definition) is 1. The fraction of sp³-hybridized carbons (Fsp3) is 0.389. The summed E-state index contributed by atoms with van der Waals surface area (Å²) in [5.41, 5.74) is 0.409. The Morgan fingerprint density at radius 3 is 2.39 bits per heavy atom. The highest BCUT2D eigenvalue weighted by Gasteiger charge is 2.32. The van der Waals surface area contributed by atoms with Crippen LogP contribution in [0.25, 0.3) is 0 Å². The van der Waals surface area contributed by atoms with Gasteiger partial charge in [0.25, 0.3) is 5.91 Å². The Hall–Kier alpha value is -2.85. The number of methoxy groups -OCH3 is 3. The molecule has 10 heteroatoms. The Bertz CT molecular complexity index is 838. The number of hydrogen-bond acceptors (Lipinski definition) is 8. The molecule has 152 valence electrons. The number of amides is 1. The van der Waals surface area contributed by atoms with Gasteiger partial charge in [-0.3, -0.25) is 14.9 Å². The Morgan fingerprint density at radius 1 is 1.25 bits per heavy atom. The van der Waals surface area contributed by atoms with E-state index in [2.05, 4.69) is 5.32 Å². The van der Waals surface area contributed by atoms with Gasteiger partial charge < -0.3 is 24.4 Å². The Kier molecular flexibility index (Phi) is 7.18. The van der Waals surface area contributed by atoms with Gasteiger partial charge in [0, 0.05) is 12.6 Å². The van der Waals surface area contributed by atoms with Gasteiger partial charge in [0.05, 0.1) is 32.3 Å². The third-order valence-electron chi connectivity index (χ3n) is 4.24. The van der Waals surface area contributed by atoms with Gasteiger partial charge >= 0.3 is 5.69 Å². The van der Waals surface area contributed by atoms with Crippen molar-refractivity contribution in [1.29, 1.82) is 0 Å². The number of nitro benzene ring substituents is 1. The summed E-state index contributed by atoms with van der Waals surface area (Å²) in [6.45, 7) is 0.274. The van der Waals surface area contributed by atoms with Crippen molar-refractivity contribution in [3.63, 3.8) is 0 Å². The van der Waals surface area contributed by atoms with Crippen LogP contribution in [-0.2, 0) is 0 Å². The Balaban J connectivity index is 2.40. The van der Waals surface area contributed by atoms with Crippen LogP contribution >= 0.6 is 11.3 Å². The zero-order valence-electron chi connectivity index (χ0n) is 16.3. The molecule has 0 spiro atoms. The molecule has 0 radical (unpaired) electrons. The third kappa shape index (κ3) is 4.34. The molecule has 28 heavy (non-hydrogen) atoms.